The fourth-order valence-corrected chi connectivity index (χ4v) is 2.99. The predicted molar refractivity (Wildman–Crippen MR) is 72.5 cm³/mol. The first kappa shape index (κ1) is 12.2. The van der Waals surface area contributed by atoms with Gasteiger partial charge in [0.2, 0.25) is 5.91 Å². The molecule has 0 bridgehead atoms. The molecule has 4 heteroatoms. The van der Waals surface area contributed by atoms with Crippen LogP contribution in [0.25, 0.3) is 10.9 Å². The lowest BCUT2D eigenvalue weighted by molar-refractivity contribution is -0.129. The summed E-state index contributed by atoms with van der Waals surface area (Å²) in [4.78, 5) is 16.3. The van der Waals surface area contributed by atoms with Crippen LogP contribution >= 0.6 is 0 Å². The first-order valence-corrected chi connectivity index (χ1v) is 6.68. The third-order valence-corrected chi connectivity index (χ3v) is 4.07. The van der Waals surface area contributed by atoms with Crippen LogP contribution in [0.1, 0.15) is 31.2 Å². The molecule has 0 atom stereocenters. The number of H-pyrrole nitrogens is 1. The van der Waals surface area contributed by atoms with Crippen LogP contribution in [-0.4, -0.2) is 28.9 Å². The van der Waals surface area contributed by atoms with Gasteiger partial charge in [0.15, 0.2) is 0 Å². The zero-order valence-electron chi connectivity index (χ0n) is 10.9. The van der Waals surface area contributed by atoms with Gasteiger partial charge in [-0.1, -0.05) is 6.07 Å². The Labute approximate surface area is 111 Å². The topological polar surface area (TPSA) is 36.1 Å². The van der Waals surface area contributed by atoms with E-state index in [9.17, 15) is 9.18 Å². The summed E-state index contributed by atoms with van der Waals surface area (Å²) in [6.07, 6.45) is 3.73. The monoisotopic (exact) mass is 260 g/mol. The van der Waals surface area contributed by atoms with Gasteiger partial charge in [0, 0.05) is 37.1 Å². The van der Waals surface area contributed by atoms with Gasteiger partial charge in [-0.3, -0.25) is 4.79 Å². The number of rotatable bonds is 1. The maximum absolute atomic E-state index is 14.0. The lowest BCUT2D eigenvalue weighted by Crippen LogP contribution is -2.36. The molecule has 19 heavy (non-hydrogen) atoms. The number of fused-ring (bicyclic) bond motifs is 1. The first-order chi connectivity index (χ1) is 9.16. The molecule has 0 unspecified atom stereocenters. The van der Waals surface area contributed by atoms with Crippen LogP contribution in [-0.2, 0) is 4.79 Å². The molecule has 0 radical (unpaired) electrons. The van der Waals surface area contributed by atoms with Gasteiger partial charge in [-0.25, -0.2) is 4.39 Å². The molecule has 1 fully saturated rings. The van der Waals surface area contributed by atoms with Crippen molar-refractivity contribution in [3.8, 4) is 0 Å². The van der Waals surface area contributed by atoms with Gasteiger partial charge in [-0.05, 0) is 36.5 Å². The first-order valence-electron chi connectivity index (χ1n) is 6.68. The Bertz CT molecular complexity index is 612. The zero-order chi connectivity index (χ0) is 13.4. The van der Waals surface area contributed by atoms with Crippen LogP contribution in [0.4, 0.5) is 4.39 Å². The maximum Gasteiger partial charge on any atom is 0.219 e. The molecule has 1 aromatic heterocycles. The number of likely N-dealkylation sites (tertiary alicyclic amines) is 1. The molecule has 2 aromatic rings. The lowest BCUT2D eigenvalue weighted by Gasteiger charge is -2.31. The number of aromatic nitrogens is 1. The molecule has 1 N–H and O–H groups in total. The fraction of sp³-hybridized carbons (Fsp3) is 0.400. The van der Waals surface area contributed by atoms with E-state index >= 15 is 0 Å². The van der Waals surface area contributed by atoms with E-state index in [1.54, 1.807) is 13.0 Å². The van der Waals surface area contributed by atoms with E-state index < -0.39 is 0 Å². The van der Waals surface area contributed by atoms with Crippen LogP contribution < -0.4 is 0 Å². The second kappa shape index (κ2) is 4.68. The van der Waals surface area contributed by atoms with Crippen molar-refractivity contribution in [1.82, 2.24) is 9.88 Å². The van der Waals surface area contributed by atoms with Gasteiger partial charge in [-0.15, -0.1) is 0 Å². The molecule has 1 amide bonds. The number of benzene rings is 1. The average molecular weight is 260 g/mol. The number of amides is 1. The zero-order valence-corrected chi connectivity index (χ0v) is 10.9. The van der Waals surface area contributed by atoms with Crippen LogP contribution in [0.5, 0.6) is 0 Å². The van der Waals surface area contributed by atoms with E-state index in [4.69, 9.17) is 0 Å². The van der Waals surface area contributed by atoms with Crippen molar-refractivity contribution in [2.75, 3.05) is 13.1 Å². The Morgan fingerprint density at radius 2 is 2.11 bits per heavy atom. The molecule has 0 saturated carbocycles. The summed E-state index contributed by atoms with van der Waals surface area (Å²) in [7, 11) is 0. The van der Waals surface area contributed by atoms with E-state index in [0.29, 0.717) is 11.3 Å². The van der Waals surface area contributed by atoms with Gasteiger partial charge < -0.3 is 9.88 Å². The molecule has 0 spiro atoms. The highest BCUT2D eigenvalue weighted by molar-refractivity contribution is 5.84. The Kier molecular flexibility index (Phi) is 3.01. The molecular formula is C15H17FN2O. The number of nitrogens with zero attached hydrogens (tertiary/aromatic N) is 1. The number of nitrogens with one attached hydrogen (secondary N) is 1. The number of piperidine rings is 1. The number of carbonyl (C=O) groups excluding carboxylic acids is 1. The van der Waals surface area contributed by atoms with Crippen LogP contribution in [0.3, 0.4) is 0 Å². The second-order valence-electron chi connectivity index (χ2n) is 5.19. The van der Waals surface area contributed by atoms with Crippen molar-refractivity contribution in [3.05, 3.63) is 35.8 Å². The molecular weight excluding hydrogens is 243 g/mol. The van der Waals surface area contributed by atoms with Crippen molar-refractivity contribution in [1.29, 1.82) is 0 Å². The molecule has 1 aliphatic rings. The minimum Gasteiger partial charge on any atom is -0.361 e. The standard InChI is InChI=1S/C15H17FN2O/c1-10(19)18-7-5-11(6-8-18)12-9-17-14-4-2-3-13(16)15(12)14/h2-4,9,11,17H,5-8H2,1H3. The van der Waals surface area contributed by atoms with E-state index in [1.165, 1.54) is 6.07 Å². The van der Waals surface area contributed by atoms with Crippen molar-refractivity contribution in [2.24, 2.45) is 0 Å². The molecule has 1 aromatic carbocycles. The van der Waals surface area contributed by atoms with Gasteiger partial charge in [-0.2, -0.15) is 0 Å². The number of hydrogen-bond donors (Lipinski definition) is 1. The maximum atomic E-state index is 14.0. The summed E-state index contributed by atoms with van der Waals surface area (Å²) >= 11 is 0. The highest BCUT2D eigenvalue weighted by Crippen LogP contribution is 2.34. The molecule has 1 aliphatic heterocycles. The Morgan fingerprint density at radius 1 is 1.37 bits per heavy atom. The van der Waals surface area contributed by atoms with Crippen LogP contribution in [0, 0.1) is 5.82 Å². The highest BCUT2D eigenvalue weighted by atomic mass is 19.1. The smallest absolute Gasteiger partial charge is 0.219 e. The third kappa shape index (κ3) is 2.11. The van der Waals surface area contributed by atoms with Crippen molar-refractivity contribution in [3.63, 3.8) is 0 Å². The van der Waals surface area contributed by atoms with Crippen LogP contribution in [0.15, 0.2) is 24.4 Å². The summed E-state index contributed by atoms with van der Waals surface area (Å²) in [6, 6.07) is 5.12. The SMILES string of the molecule is CC(=O)N1CCC(c2c[nH]c3cccc(F)c23)CC1. The summed E-state index contributed by atoms with van der Waals surface area (Å²) in [5, 5.41) is 0.712. The summed E-state index contributed by atoms with van der Waals surface area (Å²) in [6.45, 7) is 3.13. The van der Waals surface area contributed by atoms with Gasteiger partial charge in [0.05, 0.1) is 0 Å². The van der Waals surface area contributed by atoms with Gasteiger partial charge in [0.1, 0.15) is 5.82 Å². The van der Waals surface area contributed by atoms with E-state index in [-0.39, 0.29) is 11.7 Å². The second-order valence-corrected chi connectivity index (χ2v) is 5.19. The lowest BCUT2D eigenvalue weighted by atomic mass is 9.89. The van der Waals surface area contributed by atoms with E-state index in [1.807, 2.05) is 17.2 Å². The predicted octanol–water partition coefficient (Wildman–Crippen LogP) is 3.03. The summed E-state index contributed by atoms with van der Waals surface area (Å²) in [5.74, 6) is 0.299. The molecule has 3 rings (SSSR count). The van der Waals surface area contributed by atoms with E-state index in [2.05, 4.69) is 4.98 Å². The minimum absolute atomic E-state index is 0.128. The van der Waals surface area contributed by atoms with Crippen molar-refractivity contribution >= 4 is 16.8 Å². The molecule has 2 heterocycles. The van der Waals surface area contributed by atoms with Crippen molar-refractivity contribution in [2.45, 2.75) is 25.7 Å². The average Bonchev–Trinajstić information content (AvgIpc) is 2.84. The molecule has 0 aliphatic carbocycles. The van der Waals surface area contributed by atoms with Gasteiger partial charge >= 0.3 is 0 Å². The summed E-state index contributed by atoms with van der Waals surface area (Å²) < 4.78 is 14.0. The minimum atomic E-state index is -0.164. The number of halogens is 1. The Morgan fingerprint density at radius 3 is 2.79 bits per heavy atom. The highest BCUT2D eigenvalue weighted by Gasteiger charge is 2.24. The molecule has 3 nitrogen and oxygen atoms in total. The molecule has 1 saturated heterocycles. The van der Waals surface area contributed by atoms with E-state index in [0.717, 1.165) is 37.0 Å². The van der Waals surface area contributed by atoms with Crippen LogP contribution in [0.2, 0.25) is 0 Å². The third-order valence-electron chi connectivity index (χ3n) is 4.07. The number of carbonyl (C=O) groups is 1. The fourth-order valence-electron chi connectivity index (χ4n) is 2.99. The quantitative estimate of drug-likeness (QED) is 0.840. The Hall–Kier alpha value is -1.84. The normalized spacial score (nSPS) is 17.1. The summed E-state index contributed by atoms with van der Waals surface area (Å²) in [5.41, 5.74) is 1.90. The number of aromatic amines is 1. The number of hydrogen-bond acceptors (Lipinski definition) is 1. The Balaban J connectivity index is 1.88. The van der Waals surface area contributed by atoms with Crippen molar-refractivity contribution < 1.29 is 9.18 Å². The van der Waals surface area contributed by atoms with Gasteiger partial charge in [0.25, 0.3) is 0 Å². The largest absolute Gasteiger partial charge is 0.361 e. The molecule has 100 valence electrons.